The average molecular weight is 446 g/mol. The van der Waals surface area contributed by atoms with Gasteiger partial charge in [-0.1, -0.05) is 28.8 Å². The quantitative estimate of drug-likeness (QED) is 0.703. The van der Waals surface area contributed by atoms with E-state index in [1.807, 2.05) is 6.92 Å². The van der Waals surface area contributed by atoms with Gasteiger partial charge in [-0.15, -0.1) is 11.6 Å². The normalized spacial score (nSPS) is 23.8. The highest BCUT2D eigenvalue weighted by Gasteiger charge is 2.29. The molecule has 20 heavy (non-hydrogen) atoms. The van der Waals surface area contributed by atoms with Gasteiger partial charge in [0.15, 0.2) is 0 Å². The molecule has 1 aliphatic rings. The number of aryl methyl sites for hydroxylation is 1. The SMILES string of the molecule is Cc1cc(Br)c(S(=O)(=O)NC2CCCCC2Cl)cc1Br. The fraction of sp³-hybridized carbons (Fsp3) is 0.538. The Bertz CT molecular complexity index is 607. The Labute approximate surface area is 141 Å². The standard InChI is InChI=1S/C13H16Br2ClNO2S/c1-8-6-10(15)13(7-9(8)14)20(18,19)17-12-5-3-2-4-11(12)16/h6-7,11-12,17H,2-5H2,1H3. The van der Waals surface area contributed by atoms with Gasteiger partial charge >= 0.3 is 0 Å². The first-order valence-corrected chi connectivity index (χ1v) is 9.94. The summed E-state index contributed by atoms with van der Waals surface area (Å²) in [5.41, 5.74) is 0.976. The van der Waals surface area contributed by atoms with Crippen LogP contribution in [-0.2, 0) is 10.0 Å². The molecule has 3 nitrogen and oxygen atoms in total. The molecule has 1 aliphatic carbocycles. The summed E-state index contributed by atoms with van der Waals surface area (Å²) >= 11 is 12.9. The summed E-state index contributed by atoms with van der Waals surface area (Å²) < 4.78 is 29.1. The van der Waals surface area contributed by atoms with Gasteiger partial charge in [0.2, 0.25) is 10.0 Å². The minimum absolute atomic E-state index is 0.133. The van der Waals surface area contributed by atoms with Crippen LogP contribution in [-0.4, -0.2) is 19.8 Å². The van der Waals surface area contributed by atoms with Crippen LogP contribution in [0.5, 0.6) is 0 Å². The Morgan fingerprint density at radius 2 is 1.85 bits per heavy atom. The van der Waals surface area contributed by atoms with Crippen LogP contribution in [0.25, 0.3) is 0 Å². The zero-order chi connectivity index (χ0) is 14.9. The monoisotopic (exact) mass is 443 g/mol. The first-order chi connectivity index (χ1) is 9.31. The van der Waals surface area contributed by atoms with Crippen molar-refractivity contribution >= 4 is 53.5 Å². The molecular formula is C13H16Br2ClNO2S. The molecule has 1 aromatic carbocycles. The number of alkyl halides is 1. The zero-order valence-electron chi connectivity index (χ0n) is 11.0. The molecule has 0 aliphatic heterocycles. The second kappa shape index (κ2) is 6.65. The van der Waals surface area contributed by atoms with E-state index in [0.717, 1.165) is 35.7 Å². The lowest BCUT2D eigenvalue weighted by Gasteiger charge is -2.27. The molecule has 112 valence electrons. The van der Waals surface area contributed by atoms with Crippen molar-refractivity contribution < 1.29 is 8.42 Å². The molecule has 0 spiro atoms. The van der Waals surface area contributed by atoms with Crippen LogP contribution < -0.4 is 4.72 Å². The molecule has 7 heteroatoms. The van der Waals surface area contributed by atoms with Gasteiger partial charge in [-0.3, -0.25) is 0 Å². The summed E-state index contributed by atoms with van der Waals surface area (Å²) in [4.78, 5) is 0.240. The van der Waals surface area contributed by atoms with Gasteiger partial charge in [0.05, 0.1) is 4.90 Å². The fourth-order valence-electron chi connectivity index (χ4n) is 2.32. The lowest BCUT2D eigenvalue weighted by molar-refractivity contribution is 0.418. The summed E-state index contributed by atoms with van der Waals surface area (Å²) in [7, 11) is -3.57. The molecule has 2 unspecified atom stereocenters. The highest BCUT2D eigenvalue weighted by molar-refractivity contribution is 9.11. The van der Waals surface area contributed by atoms with Crippen LogP contribution in [0.4, 0.5) is 0 Å². The summed E-state index contributed by atoms with van der Waals surface area (Å²) in [6.45, 7) is 1.91. The van der Waals surface area contributed by atoms with E-state index >= 15 is 0 Å². The summed E-state index contributed by atoms with van der Waals surface area (Å²) in [5.74, 6) is 0. The lowest BCUT2D eigenvalue weighted by atomic mass is 9.96. The molecule has 1 fully saturated rings. The summed E-state index contributed by atoms with van der Waals surface area (Å²) in [5, 5.41) is -0.133. The maximum atomic E-state index is 12.5. The largest absolute Gasteiger partial charge is 0.242 e. The summed E-state index contributed by atoms with van der Waals surface area (Å²) in [6.07, 6.45) is 3.72. The van der Waals surface area contributed by atoms with Gasteiger partial charge in [-0.25, -0.2) is 13.1 Å². The molecular weight excluding hydrogens is 429 g/mol. The number of nitrogens with one attached hydrogen (secondary N) is 1. The molecule has 1 N–H and O–H groups in total. The van der Waals surface area contributed by atoms with Crippen molar-refractivity contribution in [3.63, 3.8) is 0 Å². The topological polar surface area (TPSA) is 46.2 Å². The van der Waals surface area contributed by atoms with E-state index in [2.05, 4.69) is 36.6 Å². The smallest absolute Gasteiger partial charge is 0.207 e. The van der Waals surface area contributed by atoms with Crippen molar-refractivity contribution in [1.82, 2.24) is 4.72 Å². The van der Waals surface area contributed by atoms with E-state index in [4.69, 9.17) is 11.6 Å². The Kier molecular flexibility index (Phi) is 5.57. The predicted molar refractivity (Wildman–Crippen MR) is 88.8 cm³/mol. The third-order valence-corrected chi connectivity index (χ3v) is 7.32. The second-order valence-electron chi connectivity index (χ2n) is 5.06. The molecule has 0 bridgehead atoms. The number of hydrogen-bond acceptors (Lipinski definition) is 2. The number of sulfonamides is 1. The van der Waals surface area contributed by atoms with Crippen LogP contribution in [0.15, 0.2) is 26.0 Å². The minimum atomic E-state index is -3.57. The van der Waals surface area contributed by atoms with Gasteiger partial charge in [-0.05, 0) is 53.4 Å². The Morgan fingerprint density at radius 3 is 2.50 bits per heavy atom. The Morgan fingerprint density at radius 1 is 1.20 bits per heavy atom. The molecule has 0 heterocycles. The first kappa shape index (κ1) is 16.7. The molecule has 0 aromatic heterocycles. The zero-order valence-corrected chi connectivity index (χ0v) is 15.7. The maximum absolute atomic E-state index is 12.5. The number of halogens is 3. The van der Waals surface area contributed by atoms with Crippen molar-refractivity contribution in [3.8, 4) is 0 Å². The van der Waals surface area contributed by atoms with E-state index in [1.165, 1.54) is 0 Å². The molecule has 1 aromatic rings. The minimum Gasteiger partial charge on any atom is -0.207 e. The molecule has 1 saturated carbocycles. The van der Waals surface area contributed by atoms with E-state index in [-0.39, 0.29) is 16.3 Å². The van der Waals surface area contributed by atoms with Gasteiger partial charge in [0.1, 0.15) is 0 Å². The van der Waals surface area contributed by atoms with Crippen LogP contribution >= 0.6 is 43.5 Å². The number of rotatable bonds is 3. The van der Waals surface area contributed by atoms with Gasteiger partial charge in [0.25, 0.3) is 0 Å². The van der Waals surface area contributed by atoms with Crippen molar-refractivity contribution in [2.75, 3.05) is 0 Å². The summed E-state index contributed by atoms with van der Waals surface area (Å²) in [6, 6.07) is 3.22. The van der Waals surface area contributed by atoms with Crippen LogP contribution in [0.3, 0.4) is 0 Å². The van der Waals surface area contributed by atoms with E-state index in [1.54, 1.807) is 12.1 Å². The highest BCUT2D eigenvalue weighted by atomic mass is 79.9. The molecule has 0 saturated heterocycles. The fourth-order valence-corrected chi connectivity index (χ4v) is 5.72. The van der Waals surface area contributed by atoms with E-state index < -0.39 is 10.0 Å². The van der Waals surface area contributed by atoms with Crippen LogP contribution in [0.2, 0.25) is 0 Å². The first-order valence-electron chi connectivity index (χ1n) is 6.43. The van der Waals surface area contributed by atoms with E-state index in [0.29, 0.717) is 4.47 Å². The van der Waals surface area contributed by atoms with Crippen molar-refractivity contribution in [2.24, 2.45) is 0 Å². The predicted octanol–water partition coefficient (Wildman–Crippen LogP) is 4.35. The molecule has 0 amide bonds. The maximum Gasteiger partial charge on any atom is 0.242 e. The van der Waals surface area contributed by atoms with Crippen LogP contribution in [0, 0.1) is 6.92 Å². The number of hydrogen-bond donors (Lipinski definition) is 1. The molecule has 2 rings (SSSR count). The van der Waals surface area contributed by atoms with Crippen molar-refractivity contribution in [1.29, 1.82) is 0 Å². The van der Waals surface area contributed by atoms with Gasteiger partial charge in [0, 0.05) is 20.4 Å². The molecule has 2 atom stereocenters. The van der Waals surface area contributed by atoms with E-state index in [9.17, 15) is 8.42 Å². The third kappa shape index (κ3) is 3.77. The van der Waals surface area contributed by atoms with Crippen LogP contribution in [0.1, 0.15) is 31.2 Å². The second-order valence-corrected chi connectivity index (χ2v) is 9.01. The third-order valence-electron chi connectivity index (χ3n) is 3.49. The molecule has 0 radical (unpaired) electrons. The average Bonchev–Trinajstić information content (AvgIpc) is 2.36. The van der Waals surface area contributed by atoms with Crippen molar-refractivity contribution in [2.45, 2.75) is 48.9 Å². The van der Waals surface area contributed by atoms with Crippen molar-refractivity contribution in [3.05, 3.63) is 26.6 Å². The Balaban J connectivity index is 2.28. The lowest BCUT2D eigenvalue weighted by Crippen LogP contribution is -2.42. The van der Waals surface area contributed by atoms with Gasteiger partial charge < -0.3 is 0 Å². The highest BCUT2D eigenvalue weighted by Crippen LogP contribution is 2.30. The van der Waals surface area contributed by atoms with Gasteiger partial charge in [-0.2, -0.15) is 0 Å². The number of benzene rings is 1. The Hall–Kier alpha value is 0.380.